The zero-order valence-corrected chi connectivity index (χ0v) is 11.2. The Kier molecular flexibility index (Phi) is 3.99. The molecule has 2 heterocycles. The van der Waals surface area contributed by atoms with Gasteiger partial charge in [0.25, 0.3) is 0 Å². The summed E-state index contributed by atoms with van der Waals surface area (Å²) in [5.41, 5.74) is 2.51. The number of alkyl halides is 1. The number of hydrogen-bond donors (Lipinski definition) is 1. The molecule has 1 saturated heterocycles. The van der Waals surface area contributed by atoms with E-state index in [9.17, 15) is 4.39 Å². The summed E-state index contributed by atoms with van der Waals surface area (Å²) in [7, 11) is 0. The maximum atomic E-state index is 12.9. The lowest BCUT2D eigenvalue weighted by Crippen LogP contribution is -2.45. The monoisotopic (exact) mass is 264 g/mol. The second-order valence-corrected chi connectivity index (χ2v) is 5.25. The molecule has 0 radical (unpaired) electrons. The standard InChI is InChI=1S/C15H21FN2O/c16-5-3-14(18-8-6-17-7-9-18)12-1-2-15-13(11-12)4-10-19-15/h1-2,11,14,17H,3-10H2/t14-/m0/s1. The van der Waals surface area contributed by atoms with Crippen LogP contribution >= 0.6 is 0 Å². The number of halogens is 1. The number of ether oxygens (including phenoxy) is 1. The van der Waals surface area contributed by atoms with Crippen LogP contribution in [0.4, 0.5) is 4.39 Å². The molecule has 0 spiro atoms. The van der Waals surface area contributed by atoms with Crippen molar-refractivity contribution in [2.75, 3.05) is 39.5 Å². The first-order chi connectivity index (χ1) is 9.38. The highest BCUT2D eigenvalue weighted by molar-refractivity contribution is 5.40. The highest BCUT2D eigenvalue weighted by Crippen LogP contribution is 2.31. The van der Waals surface area contributed by atoms with Crippen LogP contribution in [0.3, 0.4) is 0 Å². The Hall–Kier alpha value is -1.13. The van der Waals surface area contributed by atoms with Crippen molar-refractivity contribution in [3.05, 3.63) is 29.3 Å². The third-order valence-corrected chi connectivity index (χ3v) is 4.07. The Bertz CT molecular complexity index is 432. The van der Waals surface area contributed by atoms with Gasteiger partial charge in [-0.1, -0.05) is 12.1 Å². The molecular formula is C15H21FN2O. The number of fused-ring (bicyclic) bond motifs is 1. The van der Waals surface area contributed by atoms with E-state index in [1.165, 1.54) is 11.1 Å². The number of rotatable bonds is 4. The van der Waals surface area contributed by atoms with Gasteiger partial charge in [-0.15, -0.1) is 0 Å². The average molecular weight is 264 g/mol. The van der Waals surface area contributed by atoms with Gasteiger partial charge in [-0.2, -0.15) is 0 Å². The van der Waals surface area contributed by atoms with Gasteiger partial charge in [0, 0.05) is 38.6 Å². The van der Waals surface area contributed by atoms with Gasteiger partial charge in [-0.05, 0) is 23.6 Å². The van der Waals surface area contributed by atoms with Crippen molar-refractivity contribution in [2.24, 2.45) is 0 Å². The average Bonchev–Trinajstić information content (AvgIpc) is 2.93. The Morgan fingerprint density at radius 3 is 2.95 bits per heavy atom. The van der Waals surface area contributed by atoms with Crippen LogP contribution in [0.5, 0.6) is 5.75 Å². The minimum atomic E-state index is -0.262. The van der Waals surface area contributed by atoms with Gasteiger partial charge in [-0.3, -0.25) is 9.29 Å². The van der Waals surface area contributed by atoms with Crippen molar-refractivity contribution >= 4 is 0 Å². The summed E-state index contributed by atoms with van der Waals surface area (Å²) in [6.45, 7) is 4.51. The number of nitrogens with zero attached hydrogens (tertiary/aromatic N) is 1. The van der Waals surface area contributed by atoms with Gasteiger partial charge in [0.1, 0.15) is 5.75 Å². The summed E-state index contributed by atoms with van der Waals surface area (Å²) in [4.78, 5) is 2.40. The third kappa shape index (κ3) is 2.74. The highest BCUT2D eigenvalue weighted by atomic mass is 19.1. The summed E-state index contributed by atoms with van der Waals surface area (Å²) in [6, 6.07) is 6.57. The second kappa shape index (κ2) is 5.88. The maximum absolute atomic E-state index is 12.9. The van der Waals surface area contributed by atoms with Crippen LogP contribution in [0.25, 0.3) is 0 Å². The fourth-order valence-electron chi connectivity index (χ4n) is 3.07. The molecule has 3 nitrogen and oxygen atoms in total. The molecule has 1 aromatic rings. The normalized spacial score (nSPS) is 20.9. The van der Waals surface area contributed by atoms with E-state index in [-0.39, 0.29) is 12.7 Å². The molecule has 0 bridgehead atoms. The lowest BCUT2D eigenvalue weighted by molar-refractivity contribution is 0.157. The Morgan fingerprint density at radius 1 is 1.32 bits per heavy atom. The van der Waals surface area contributed by atoms with E-state index < -0.39 is 0 Å². The number of benzene rings is 1. The molecule has 3 rings (SSSR count). The van der Waals surface area contributed by atoms with E-state index in [0.717, 1.165) is 45.0 Å². The van der Waals surface area contributed by atoms with Crippen molar-refractivity contribution in [2.45, 2.75) is 18.9 Å². The molecule has 0 aliphatic carbocycles. The predicted octanol–water partition coefficient (Wildman–Crippen LogP) is 1.93. The predicted molar refractivity (Wildman–Crippen MR) is 73.4 cm³/mol. The van der Waals surface area contributed by atoms with E-state index in [2.05, 4.69) is 22.3 Å². The molecule has 0 aromatic heterocycles. The number of hydrogen-bond acceptors (Lipinski definition) is 3. The summed E-state index contributed by atoms with van der Waals surface area (Å²) in [5.74, 6) is 1.00. The van der Waals surface area contributed by atoms with E-state index in [1.54, 1.807) is 0 Å². The molecule has 1 N–H and O–H groups in total. The fraction of sp³-hybridized carbons (Fsp3) is 0.600. The molecule has 2 aliphatic rings. The highest BCUT2D eigenvalue weighted by Gasteiger charge is 2.23. The minimum absolute atomic E-state index is 0.206. The quantitative estimate of drug-likeness (QED) is 0.899. The second-order valence-electron chi connectivity index (χ2n) is 5.25. The van der Waals surface area contributed by atoms with E-state index in [1.807, 2.05) is 6.07 Å². The third-order valence-electron chi connectivity index (χ3n) is 4.07. The van der Waals surface area contributed by atoms with Crippen LogP contribution in [0, 0.1) is 0 Å². The zero-order chi connectivity index (χ0) is 13.1. The zero-order valence-electron chi connectivity index (χ0n) is 11.2. The van der Waals surface area contributed by atoms with E-state index in [0.29, 0.717) is 6.42 Å². The molecule has 0 amide bonds. The van der Waals surface area contributed by atoms with Crippen molar-refractivity contribution in [3.63, 3.8) is 0 Å². The Morgan fingerprint density at radius 2 is 2.16 bits per heavy atom. The van der Waals surface area contributed by atoms with Gasteiger partial charge in [0.15, 0.2) is 0 Å². The molecule has 104 valence electrons. The smallest absolute Gasteiger partial charge is 0.122 e. The molecule has 0 unspecified atom stereocenters. The van der Waals surface area contributed by atoms with Gasteiger partial charge in [0.2, 0.25) is 0 Å². The Balaban J connectivity index is 1.82. The van der Waals surface area contributed by atoms with Crippen LogP contribution in [-0.4, -0.2) is 44.4 Å². The van der Waals surface area contributed by atoms with Gasteiger partial charge in [-0.25, -0.2) is 0 Å². The topological polar surface area (TPSA) is 24.5 Å². The first-order valence-corrected chi connectivity index (χ1v) is 7.15. The summed E-state index contributed by atoms with van der Waals surface area (Å²) >= 11 is 0. The molecule has 1 fully saturated rings. The van der Waals surface area contributed by atoms with Crippen molar-refractivity contribution in [1.29, 1.82) is 0 Å². The molecule has 2 aliphatic heterocycles. The van der Waals surface area contributed by atoms with Crippen molar-refractivity contribution in [3.8, 4) is 5.75 Å². The molecule has 19 heavy (non-hydrogen) atoms. The van der Waals surface area contributed by atoms with Gasteiger partial charge in [0.05, 0.1) is 13.3 Å². The van der Waals surface area contributed by atoms with Gasteiger partial charge >= 0.3 is 0 Å². The lowest BCUT2D eigenvalue weighted by Gasteiger charge is -2.35. The van der Waals surface area contributed by atoms with Crippen LogP contribution in [0.1, 0.15) is 23.6 Å². The molecule has 1 aromatic carbocycles. The van der Waals surface area contributed by atoms with Crippen molar-refractivity contribution < 1.29 is 9.13 Å². The minimum Gasteiger partial charge on any atom is -0.493 e. The summed E-state index contributed by atoms with van der Waals surface area (Å²) in [6.07, 6.45) is 1.56. The lowest BCUT2D eigenvalue weighted by atomic mass is 9.98. The SMILES string of the molecule is FCC[C@@H](c1ccc2c(c1)CCO2)N1CCNCC1. The maximum Gasteiger partial charge on any atom is 0.122 e. The fourth-order valence-corrected chi connectivity index (χ4v) is 3.07. The molecular weight excluding hydrogens is 243 g/mol. The Labute approximate surface area is 113 Å². The molecule has 1 atom stereocenters. The van der Waals surface area contributed by atoms with E-state index in [4.69, 9.17) is 4.74 Å². The molecule has 0 saturated carbocycles. The first kappa shape index (κ1) is 12.9. The van der Waals surface area contributed by atoms with Crippen LogP contribution in [-0.2, 0) is 6.42 Å². The number of nitrogens with one attached hydrogen (secondary N) is 1. The first-order valence-electron chi connectivity index (χ1n) is 7.15. The molecule has 4 heteroatoms. The van der Waals surface area contributed by atoms with Crippen LogP contribution in [0.2, 0.25) is 0 Å². The number of piperazine rings is 1. The van der Waals surface area contributed by atoms with Crippen LogP contribution < -0.4 is 10.1 Å². The van der Waals surface area contributed by atoms with Gasteiger partial charge < -0.3 is 10.1 Å². The van der Waals surface area contributed by atoms with E-state index >= 15 is 0 Å². The summed E-state index contributed by atoms with van der Waals surface area (Å²) < 4.78 is 18.4. The van der Waals surface area contributed by atoms with Crippen molar-refractivity contribution in [1.82, 2.24) is 10.2 Å². The largest absolute Gasteiger partial charge is 0.493 e. The summed E-state index contributed by atoms with van der Waals surface area (Å²) in [5, 5.41) is 3.35. The van der Waals surface area contributed by atoms with Crippen LogP contribution in [0.15, 0.2) is 18.2 Å².